The van der Waals surface area contributed by atoms with Gasteiger partial charge in [0.05, 0.1) is 12.2 Å². The Bertz CT molecular complexity index is 369. The highest BCUT2D eigenvalue weighted by Gasteiger charge is 2.21. The normalized spacial score (nSPS) is 11.4. The van der Waals surface area contributed by atoms with E-state index in [1.807, 2.05) is 20.9 Å². The summed E-state index contributed by atoms with van der Waals surface area (Å²) in [4.78, 5) is 8.97. The van der Waals surface area contributed by atoms with E-state index in [-0.39, 0.29) is 5.41 Å². The van der Waals surface area contributed by atoms with Crippen molar-refractivity contribution < 1.29 is 4.74 Å². The van der Waals surface area contributed by atoms with E-state index < -0.39 is 0 Å². The fourth-order valence-corrected chi connectivity index (χ4v) is 1.35. The highest BCUT2D eigenvalue weighted by Crippen LogP contribution is 2.27. The molecule has 0 saturated heterocycles. The summed E-state index contributed by atoms with van der Waals surface area (Å²) in [5.41, 5.74) is 0.878. The van der Waals surface area contributed by atoms with E-state index >= 15 is 0 Å². The molecule has 0 aliphatic heterocycles. The van der Waals surface area contributed by atoms with Crippen LogP contribution < -0.4 is 10.1 Å². The number of rotatable bonds is 3. The number of nitrogens with zero attached hydrogens (tertiary/aromatic N) is 2. The quantitative estimate of drug-likeness (QED) is 0.855. The minimum Gasteiger partial charge on any atom is -0.478 e. The van der Waals surface area contributed by atoms with Gasteiger partial charge in [-0.1, -0.05) is 20.8 Å². The van der Waals surface area contributed by atoms with Gasteiger partial charge in [0.1, 0.15) is 11.6 Å². The van der Waals surface area contributed by atoms with Crippen LogP contribution in [-0.2, 0) is 5.41 Å². The van der Waals surface area contributed by atoms with Gasteiger partial charge in [-0.3, -0.25) is 0 Å². The van der Waals surface area contributed by atoms with Crippen molar-refractivity contribution in [3.63, 3.8) is 0 Å². The second-order valence-electron chi connectivity index (χ2n) is 4.76. The summed E-state index contributed by atoms with van der Waals surface area (Å²) in [5.74, 6) is 2.31. The predicted molar refractivity (Wildman–Crippen MR) is 66.2 cm³/mol. The van der Waals surface area contributed by atoms with Crippen molar-refractivity contribution in [2.45, 2.75) is 40.0 Å². The fourth-order valence-electron chi connectivity index (χ4n) is 1.35. The van der Waals surface area contributed by atoms with Gasteiger partial charge < -0.3 is 10.1 Å². The van der Waals surface area contributed by atoms with Crippen molar-refractivity contribution >= 4 is 5.82 Å². The largest absolute Gasteiger partial charge is 0.478 e. The Hall–Kier alpha value is -1.32. The summed E-state index contributed by atoms with van der Waals surface area (Å²) in [7, 11) is 1.86. The lowest BCUT2D eigenvalue weighted by atomic mass is 9.95. The fraction of sp³-hybridized carbons (Fsp3) is 0.667. The number of anilines is 1. The topological polar surface area (TPSA) is 47.0 Å². The number of nitrogens with one attached hydrogen (secondary N) is 1. The minimum absolute atomic E-state index is 0.0782. The average Bonchev–Trinajstić information content (AvgIpc) is 2.19. The van der Waals surface area contributed by atoms with Crippen LogP contribution in [0.5, 0.6) is 5.88 Å². The molecule has 0 atom stereocenters. The molecule has 0 aliphatic carbocycles. The van der Waals surface area contributed by atoms with Crippen LogP contribution in [-0.4, -0.2) is 23.6 Å². The van der Waals surface area contributed by atoms with Gasteiger partial charge in [-0.2, -0.15) is 4.98 Å². The molecule has 0 radical (unpaired) electrons. The Morgan fingerprint density at radius 1 is 1.25 bits per heavy atom. The maximum atomic E-state index is 5.52. The molecule has 1 aromatic rings. The smallest absolute Gasteiger partial charge is 0.221 e. The van der Waals surface area contributed by atoms with Crippen LogP contribution in [0.25, 0.3) is 0 Å². The van der Waals surface area contributed by atoms with Gasteiger partial charge in [-0.05, 0) is 13.8 Å². The Balaban J connectivity index is 3.28. The molecule has 0 aromatic carbocycles. The summed E-state index contributed by atoms with van der Waals surface area (Å²) >= 11 is 0. The maximum absolute atomic E-state index is 5.52. The zero-order valence-electron chi connectivity index (χ0n) is 11.0. The molecule has 0 spiro atoms. The summed E-state index contributed by atoms with van der Waals surface area (Å²) in [6.07, 6.45) is 0. The first-order valence-corrected chi connectivity index (χ1v) is 5.59. The van der Waals surface area contributed by atoms with Gasteiger partial charge in [0.15, 0.2) is 0 Å². The Kier molecular flexibility index (Phi) is 3.73. The standard InChI is InChI=1S/C12H21N3O/c1-7-16-10-8(2)9(13-6)14-11(15-10)12(3,4)5/h7H2,1-6H3,(H,13,14,15). The molecule has 90 valence electrons. The summed E-state index contributed by atoms with van der Waals surface area (Å²) in [5, 5.41) is 3.08. The van der Waals surface area contributed by atoms with Crippen molar-refractivity contribution in [2.24, 2.45) is 0 Å². The lowest BCUT2D eigenvalue weighted by Gasteiger charge is -2.20. The average molecular weight is 223 g/mol. The van der Waals surface area contributed by atoms with Crippen molar-refractivity contribution in [3.05, 3.63) is 11.4 Å². The van der Waals surface area contributed by atoms with Crippen LogP contribution >= 0.6 is 0 Å². The Morgan fingerprint density at radius 3 is 2.31 bits per heavy atom. The molecule has 4 heteroatoms. The second kappa shape index (κ2) is 4.68. The van der Waals surface area contributed by atoms with Gasteiger partial charge in [-0.25, -0.2) is 4.98 Å². The first-order valence-electron chi connectivity index (χ1n) is 5.59. The highest BCUT2D eigenvalue weighted by molar-refractivity contribution is 5.48. The summed E-state index contributed by atoms with van der Waals surface area (Å²) in [6.45, 7) is 10.8. The zero-order chi connectivity index (χ0) is 12.3. The third-order valence-electron chi connectivity index (χ3n) is 2.29. The number of hydrogen-bond acceptors (Lipinski definition) is 4. The molecule has 4 nitrogen and oxygen atoms in total. The van der Waals surface area contributed by atoms with Gasteiger partial charge in [0.2, 0.25) is 5.88 Å². The lowest BCUT2D eigenvalue weighted by molar-refractivity contribution is 0.319. The molecule has 0 unspecified atom stereocenters. The highest BCUT2D eigenvalue weighted by atomic mass is 16.5. The van der Waals surface area contributed by atoms with Gasteiger partial charge in [0.25, 0.3) is 0 Å². The van der Waals surface area contributed by atoms with E-state index in [0.717, 1.165) is 17.2 Å². The van der Waals surface area contributed by atoms with Gasteiger partial charge in [-0.15, -0.1) is 0 Å². The van der Waals surface area contributed by atoms with Crippen LogP contribution in [0.15, 0.2) is 0 Å². The molecule has 0 saturated carbocycles. The van der Waals surface area contributed by atoms with Crippen molar-refractivity contribution in [2.75, 3.05) is 19.0 Å². The molecule has 1 aromatic heterocycles. The van der Waals surface area contributed by atoms with Crippen molar-refractivity contribution in [3.8, 4) is 5.88 Å². The molecule has 0 bridgehead atoms. The Morgan fingerprint density at radius 2 is 1.88 bits per heavy atom. The third-order valence-corrected chi connectivity index (χ3v) is 2.29. The molecule has 1 heterocycles. The van der Waals surface area contributed by atoms with E-state index in [1.54, 1.807) is 0 Å². The van der Waals surface area contributed by atoms with E-state index in [9.17, 15) is 0 Å². The van der Waals surface area contributed by atoms with Crippen LogP contribution in [0.4, 0.5) is 5.82 Å². The van der Waals surface area contributed by atoms with E-state index in [2.05, 4.69) is 36.1 Å². The van der Waals surface area contributed by atoms with Crippen LogP contribution in [0.3, 0.4) is 0 Å². The van der Waals surface area contributed by atoms with E-state index in [1.165, 1.54) is 0 Å². The Labute approximate surface area is 97.5 Å². The number of hydrogen-bond donors (Lipinski definition) is 1. The van der Waals surface area contributed by atoms with E-state index in [4.69, 9.17) is 4.74 Å². The van der Waals surface area contributed by atoms with E-state index in [0.29, 0.717) is 12.5 Å². The first-order chi connectivity index (χ1) is 7.40. The van der Waals surface area contributed by atoms with Crippen molar-refractivity contribution in [1.82, 2.24) is 9.97 Å². The summed E-state index contributed by atoms with van der Waals surface area (Å²) < 4.78 is 5.52. The lowest BCUT2D eigenvalue weighted by Crippen LogP contribution is -2.18. The summed E-state index contributed by atoms with van der Waals surface area (Å²) in [6, 6.07) is 0. The molecule has 0 aliphatic rings. The SMILES string of the molecule is CCOc1nc(C(C)(C)C)nc(NC)c1C. The predicted octanol–water partition coefficient (Wildman–Crippen LogP) is 2.52. The molecule has 0 fully saturated rings. The molecule has 1 rings (SSSR count). The number of ether oxygens (including phenoxy) is 1. The molecule has 0 amide bonds. The molecular weight excluding hydrogens is 202 g/mol. The molecule has 16 heavy (non-hydrogen) atoms. The first kappa shape index (κ1) is 12.7. The van der Waals surface area contributed by atoms with Gasteiger partial charge in [0, 0.05) is 12.5 Å². The van der Waals surface area contributed by atoms with Crippen LogP contribution in [0.2, 0.25) is 0 Å². The van der Waals surface area contributed by atoms with Crippen LogP contribution in [0, 0.1) is 6.92 Å². The third kappa shape index (κ3) is 2.62. The molecule has 1 N–H and O–H groups in total. The minimum atomic E-state index is -0.0782. The zero-order valence-corrected chi connectivity index (χ0v) is 11.0. The monoisotopic (exact) mass is 223 g/mol. The van der Waals surface area contributed by atoms with Crippen LogP contribution in [0.1, 0.15) is 39.1 Å². The maximum Gasteiger partial charge on any atom is 0.221 e. The second-order valence-corrected chi connectivity index (χ2v) is 4.76. The van der Waals surface area contributed by atoms with Crippen molar-refractivity contribution in [1.29, 1.82) is 0 Å². The number of aromatic nitrogens is 2. The molecular formula is C12H21N3O. The van der Waals surface area contributed by atoms with Gasteiger partial charge >= 0.3 is 0 Å².